The SMILES string of the molecule is CCCCCCCCOc1ccc(N(c2ccc(-c3ccc(-c4ccc(-c5ccc(C)s5)s4)s3)cc2)c2ccc(C)cc2C)c(C)c1. The first kappa shape index (κ1) is 33.3. The lowest BCUT2D eigenvalue weighted by Gasteiger charge is -2.29. The molecule has 3 heterocycles. The van der Waals surface area contributed by atoms with Crippen molar-refractivity contribution in [3.8, 4) is 35.7 Å². The number of unbranched alkanes of at least 4 members (excludes halogenated alkanes) is 5. The first-order valence-corrected chi connectivity index (χ1v) is 19.3. The quantitative estimate of drug-likeness (QED) is 0.107. The summed E-state index contributed by atoms with van der Waals surface area (Å²) < 4.78 is 6.19. The van der Waals surface area contributed by atoms with Crippen molar-refractivity contribution in [1.29, 1.82) is 0 Å². The Morgan fingerprint density at radius 3 is 1.74 bits per heavy atom. The zero-order valence-corrected chi connectivity index (χ0v) is 30.7. The van der Waals surface area contributed by atoms with E-state index >= 15 is 0 Å². The maximum absolute atomic E-state index is 6.19. The van der Waals surface area contributed by atoms with Crippen LogP contribution in [0, 0.1) is 27.7 Å². The molecule has 0 aliphatic rings. The molecule has 0 radical (unpaired) electrons. The average molecular weight is 676 g/mol. The van der Waals surface area contributed by atoms with Crippen LogP contribution in [0.15, 0.2) is 97.1 Å². The van der Waals surface area contributed by atoms with Gasteiger partial charge in [-0.15, -0.1) is 34.0 Å². The van der Waals surface area contributed by atoms with Crippen molar-refractivity contribution in [3.63, 3.8) is 0 Å². The minimum Gasteiger partial charge on any atom is -0.494 e. The molecule has 0 unspecified atom stereocenters. The molecule has 3 aromatic carbocycles. The molecule has 6 aromatic rings. The van der Waals surface area contributed by atoms with E-state index in [1.165, 1.54) is 95.0 Å². The standard InChI is InChI=1S/C42H45NOS3/c1-6-7-8-9-10-11-26-44-35-18-20-37(31(4)28-35)43(36-19-12-29(2)27-30(36)3)34-16-14-33(15-17-34)38-22-23-41(46-38)42-25-24-40(47-42)39-21-13-32(5)45-39/h12-25,27-28H,6-11,26H2,1-5H3. The molecule has 0 amide bonds. The van der Waals surface area contributed by atoms with Gasteiger partial charge < -0.3 is 9.64 Å². The first-order valence-electron chi connectivity index (χ1n) is 16.9. The lowest BCUT2D eigenvalue weighted by molar-refractivity contribution is 0.304. The van der Waals surface area contributed by atoms with Gasteiger partial charge in [0.05, 0.1) is 6.61 Å². The van der Waals surface area contributed by atoms with Gasteiger partial charge in [-0.25, -0.2) is 0 Å². The number of aryl methyl sites for hydroxylation is 4. The van der Waals surface area contributed by atoms with Crippen molar-refractivity contribution in [3.05, 3.63) is 119 Å². The second-order valence-corrected chi connectivity index (χ2v) is 15.9. The van der Waals surface area contributed by atoms with Gasteiger partial charge in [-0.2, -0.15) is 0 Å². The van der Waals surface area contributed by atoms with Crippen LogP contribution in [0.5, 0.6) is 5.75 Å². The molecule has 0 fully saturated rings. The second-order valence-electron chi connectivity index (χ2n) is 12.5. The number of benzene rings is 3. The number of hydrogen-bond acceptors (Lipinski definition) is 5. The van der Waals surface area contributed by atoms with Crippen LogP contribution in [0.25, 0.3) is 29.9 Å². The van der Waals surface area contributed by atoms with Crippen molar-refractivity contribution in [2.75, 3.05) is 11.5 Å². The van der Waals surface area contributed by atoms with Crippen molar-refractivity contribution in [1.82, 2.24) is 0 Å². The zero-order valence-electron chi connectivity index (χ0n) is 28.3. The largest absolute Gasteiger partial charge is 0.494 e. The minimum atomic E-state index is 0.777. The van der Waals surface area contributed by atoms with E-state index in [1.54, 1.807) is 0 Å². The van der Waals surface area contributed by atoms with E-state index in [1.807, 2.05) is 34.0 Å². The fraction of sp³-hybridized carbons (Fsp3) is 0.286. The van der Waals surface area contributed by atoms with Gasteiger partial charge in [0.1, 0.15) is 5.75 Å². The lowest BCUT2D eigenvalue weighted by atomic mass is 10.1. The van der Waals surface area contributed by atoms with Crippen LogP contribution >= 0.6 is 34.0 Å². The molecule has 0 N–H and O–H groups in total. The molecule has 6 rings (SSSR count). The van der Waals surface area contributed by atoms with Crippen LogP contribution in [0.3, 0.4) is 0 Å². The van der Waals surface area contributed by atoms with Crippen molar-refractivity contribution in [2.45, 2.75) is 73.1 Å². The van der Waals surface area contributed by atoms with Crippen molar-refractivity contribution >= 4 is 51.1 Å². The van der Waals surface area contributed by atoms with E-state index in [-0.39, 0.29) is 0 Å². The molecule has 0 aliphatic carbocycles. The highest BCUT2D eigenvalue weighted by Gasteiger charge is 2.18. The Hall–Kier alpha value is -3.64. The van der Waals surface area contributed by atoms with E-state index in [2.05, 4.69) is 137 Å². The highest BCUT2D eigenvalue weighted by molar-refractivity contribution is 7.27. The summed E-state index contributed by atoms with van der Waals surface area (Å²) >= 11 is 5.61. The molecule has 47 heavy (non-hydrogen) atoms. The van der Waals surface area contributed by atoms with Gasteiger partial charge in [-0.3, -0.25) is 0 Å². The Morgan fingerprint density at radius 1 is 0.532 bits per heavy atom. The van der Waals surface area contributed by atoms with Crippen LogP contribution in [-0.4, -0.2) is 6.61 Å². The maximum Gasteiger partial charge on any atom is 0.119 e. The van der Waals surface area contributed by atoms with E-state index in [9.17, 15) is 0 Å². The molecule has 242 valence electrons. The summed E-state index contributed by atoms with van der Waals surface area (Å²) in [6.45, 7) is 11.8. The summed E-state index contributed by atoms with van der Waals surface area (Å²) in [6, 6.07) is 35.8. The van der Waals surface area contributed by atoms with Crippen molar-refractivity contribution in [2.24, 2.45) is 0 Å². The second kappa shape index (κ2) is 15.5. The number of nitrogens with zero attached hydrogens (tertiary/aromatic N) is 1. The van der Waals surface area contributed by atoms with Gasteiger partial charge in [0.25, 0.3) is 0 Å². The Balaban J connectivity index is 1.22. The molecule has 2 nitrogen and oxygen atoms in total. The van der Waals surface area contributed by atoms with Gasteiger partial charge in [0.15, 0.2) is 0 Å². The molecular weight excluding hydrogens is 631 g/mol. The Bertz CT molecular complexity index is 1910. The van der Waals surface area contributed by atoms with Crippen LogP contribution in [0.2, 0.25) is 0 Å². The molecule has 0 atom stereocenters. The van der Waals surface area contributed by atoms with E-state index < -0.39 is 0 Å². The number of anilines is 3. The van der Waals surface area contributed by atoms with Gasteiger partial charge >= 0.3 is 0 Å². The van der Waals surface area contributed by atoms with Crippen LogP contribution in [0.4, 0.5) is 17.1 Å². The Labute approximate surface area is 293 Å². The Kier molecular flexibility index (Phi) is 11.0. The summed E-state index contributed by atoms with van der Waals surface area (Å²) in [5.41, 5.74) is 8.48. The van der Waals surface area contributed by atoms with Gasteiger partial charge in [0, 0.05) is 46.3 Å². The lowest BCUT2D eigenvalue weighted by Crippen LogP contribution is -2.13. The molecule has 5 heteroatoms. The summed E-state index contributed by atoms with van der Waals surface area (Å²) in [4.78, 5) is 10.4. The molecule has 3 aromatic heterocycles. The summed E-state index contributed by atoms with van der Waals surface area (Å²) in [7, 11) is 0. The molecule has 0 saturated carbocycles. The molecule has 0 aliphatic heterocycles. The fourth-order valence-electron chi connectivity index (χ4n) is 6.08. The summed E-state index contributed by atoms with van der Waals surface area (Å²) in [6.07, 6.45) is 7.61. The fourth-order valence-corrected chi connectivity index (χ4v) is 9.14. The normalized spacial score (nSPS) is 11.3. The minimum absolute atomic E-state index is 0.777. The number of hydrogen-bond donors (Lipinski definition) is 0. The summed E-state index contributed by atoms with van der Waals surface area (Å²) in [5.74, 6) is 0.951. The molecule has 0 spiro atoms. The van der Waals surface area contributed by atoms with Crippen LogP contribution in [-0.2, 0) is 0 Å². The number of rotatable bonds is 14. The van der Waals surface area contributed by atoms with Gasteiger partial charge in [-0.05, 0) is 124 Å². The van der Waals surface area contributed by atoms with Gasteiger partial charge in [-0.1, -0.05) is 68.9 Å². The first-order chi connectivity index (χ1) is 22.9. The third-order valence-corrected chi connectivity index (χ3v) is 12.2. The highest BCUT2D eigenvalue weighted by Crippen LogP contribution is 2.43. The smallest absolute Gasteiger partial charge is 0.119 e. The molecule has 0 saturated heterocycles. The maximum atomic E-state index is 6.19. The topological polar surface area (TPSA) is 12.5 Å². The third kappa shape index (κ3) is 8.09. The summed E-state index contributed by atoms with van der Waals surface area (Å²) in [5, 5.41) is 0. The third-order valence-electron chi connectivity index (χ3n) is 8.62. The Morgan fingerprint density at radius 2 is 1.11 bits per heavy atom. The van der Waals surface area contributed by atoms with E-state index in [0.717, 1.165) is 24.5 Å². The molecular formula is C42H45NOS3. The molecule has 0 bridgehead atoms. The predicted molar refractivity (Wildman–Crippen MR) is 209 cm³/mol. The van der Waals surface area contributed by atoms with Crippen molar-refractivity contribution < 1.29 is 4.74 Å². The monoisotopic (exact) mass is 675 g/mol. The van der Waals surface area contributed by atoms with Gasteiger partial charge in [0.2, 0.25) is 0 Å². The number of thiophene rings is 3. The van der Waals surface area contributed by atoms with Crippen LogP contribution in [0.1, 0.15) is 67.0 Å². The van der Waals surface area contributed by atoms with Crippen LogP contribution < -0.4 is 9.64 Å². The number of ether oxygens (including phenoxy) is 1. The highest BCUT2D eigenvalue weighted by atomic mass is 32.1. The average Bonchev–Trinajstić information content (AvgIpc) is 3.84. The van der Waals surface area contributed by atoms with E-state index in [4.69, 9.17) is 4.74 Å². The van der Waals surface area contributed by atoms with E-state index in [0.29, 0.717) is 0 Å². The zero-order chi connectivity index (χ0) is 32.8. The predicted octanol–water partition coefficient (Wildman–Crippen LogP) is 14.3.